The van der Waals surface area contributed by atoms with Crippen LogP contribution in [0.2, 0.25) is 0 Å². The molecule has 4 N–H and O–H groups in total. The second-order valence-electron chi connectivity index (χ2n) is 8.57. The van der Waals surface area contributed by atoms with Crippen LogP contribution in [-0.2, 0) is 10.8 Å². The molecule has 0 aromatic heterocycles. The first-order valence-corrected chi connectivity index (χ1v) is 10.4. The molecule has 0 radical (unpaired) electrons. The summed E-state index contributed by atoms with van der Waals surface area (Å²) in [6.07, 6.45) is 0.942. The van der Waals surface area contributed by atoms with Crippen molar-refractivity contribution in [1.29, 1.82) is 0 Å². The highest BCUT2D eigenvalue weighted by atomic mass is 14.6. The highest BCUT2D eigenvalue weighted by Gasteiger charge is 2.52. The summed E-state index contributed by atoms with van der Waals surface area (Å²) in [6, 6.07) is 36.5. The Bertz CT molecular complexity index is 1180. The Labute approximate surface area is 178 Å². The molecule has 1 aliphatic carbocycles. The predicted octanol–water partition coefficient (Wildman–Crippen LogP) is 5.90. The molecule has 2 unspecified atom stereocenters. The molecule has 30 heavy (non-hydrogen) atoms. The van der Waals surface area contributed by atoms with E-state index in [1.165, 1.54) is 27.8 Å². The fraction of sp³-hybridized carbons (Fsp3) is 0.143. The first-order valence-electron chi connectivity index (χ1n) is 10.4. The summed E-state index contributed by atoms with van der Waals surface area (Å²) in [6.45, 7) is 2.36. The Balaban J connectivity index is 1.82. The number of benzene rings is 4. The first-order chi connectivity index (χ1) is 14.5. The van der Waals surface area contributed by atoms with Crippen LogP contribution >= 0.6 is 0 Å². The molecule has 4 aromatic rings. The molecule has 2 atom stereocenters. The maximum Gasteiger partial charge on any atom is 0.0466 e. The number of hydrogen-bond donors (Lipinski definition) is 2. The van der Waals surface area contributed by atoms with Crippen LogP contribution in [0.5, 0.6) is 0 Å². The maximum absolute atomic E-state index is 6.05. The lowest BCUT2D eigenvalue weighted by Gasteiger charge is -2.35. The Morgan fingerprint density at radius 2 is 1.00 bits per heavy atom. The molecule has 5 rings (SSSR count). The zero-order valence-corrected chi connectivity index (χ0v) is 17.2. The van der Waals surface area contributed by atoms with E-state index in [1.807, 2.05) is 24.3 Å². The van der Waals surface area contributed by atoms with Crippen molar-refractivity contribution >= 4 is 11.4 Å². The van der Waals surface area contributed by atoms with Crippen molar-refractivity contribution in [2.45, 2.75) is 24.2 Å². The molecule has 0 amide bonds. The van der Waals surface area contributed by atoms with Crippen molar-refractivity contribution < 1.29 is 0 Å². The third-order valence-corrected chi connectivity index (χ3v) is 6.82. The van der Waals surface area contributed by atoms with E-state index in [2.05, 4.69) is 85.8 Å². The molecule has 0 heterocycles. The van der Waals surface area contributed by atoms with Crippen molar-refractivity contribution in [2.75, 3.05) is 11.5 Å². The summed E-state index contributed by atoms with van der Waals surface area (Å²) in [5.74, 6) is 0. The number of fused-ring (bicyclic) bond motifs is 1. The molecule has 0 fully saturated rings. The number of nitrogens with two attached hydrogens (primary N) is 2. The van der Waals surface area contributed by atoms with Crippen LogP contribution < -0.4 is 11.5 Å². The molecule has 0 spiro atoms. The van der Waals surface area contributed by atoms with Gasteiger partial charge >= 0.3 is 0 Å². The van der Waals surface area contributed by atoms with Gasteiger partial charge in [-0.05, 0) is 58.5 Å². The van der Waals surface area contributed by atoms with E-state index in [0.717, 1.165) is 17.8 Å². The highest BCUT2D eigenvalue weighted by molar-refractivity contribution is 5.63. The number of hydrogen-bond acceptors (Lipinski definition) is 2. The van der Waals surface area contributed by atoms with Gasteiger partial charge in [-0.2, -0.15) is 0 Å². The van der Waals surface area contributed by atoms with Crippen molar-refractivity contribution in [2.24, 2.45) is 0 Å². The van der Waals surface area contributed by atoms with Crippen LogP contribution in [0.4, 0.5) is 11.4 Å². The molecule has 2 nitrogen and oxygen atoms in total. The maximum atomic E-state index is 6.05. The Kier molecular flexibility index (Phi) is 4.18. The van der Waals surface area contributed by atoms with Crippen molar-refractivity contribution in [3.05, 3.63) is 131 Å². The lowest BCUT2D eigenvalue weighted by molar-refractivity contribution is 0.473. The van der Waals surface area contributed by atoms with Gasteiger partial charge in [-0.1, -0.05) is 85.8 Å². The average molecular weight is 391 g/mol. The molecule has 4 aromatic carbocycles. The SMILES string of the molecule is CC1(c2ccc(N)cc2)CC(c2ccccc2)(c2ccc(N)cc2)c2ccccc21. The summed E-state index contributed by atoms with van der Waals surface area (Å²) >= 11 is 0. The van der Waals surface area contributed by atoms with Crippen LogP contribution in [0.3, 0.4) is 0 Å². The summed E-state index contributed by atoms with van der Waals surface area (Å²) in [5, 5.41) is 0. The van der Waals surface area contributed by atoms with Gasteiger partial charge < -0.3 is 11.5 Å². The second kappa shape index (κ2) is 6.77. The molecule has 0 saturated heterocycles. The van der Waals surface area contributed by atoms with Crippen molar-refractivity contribution in [3.63, 3.8) is 0 Å². The fourth-order valence-corrected chi connectivity index (χ4v) is 5.34. The standard InChI is InChI=1S/C28H26N2/c1-27(20-11-15-23(29)16-12-20)19-28(21-7-3-2-4-8-21,22-13-17-24(30)18-14-22)26-10-6-5-9-25(26)27/h2-18H,19,29-30H2,1H3. The molecule has 148 valence electrons. The smallest absolute Gasteiger partial charge is 0.0466 e. The Hall–Kier alpha value is -3.52. The fourth-order valence-electron chi connectivity index (χ4n) is 5.34. The predicted molar refractivity (Wildman–Crippen MR) is 126 cm³/mol. The summed E-state index contributed by atoms with van der Waals surface area (Å²) in [5.41, 5.74) is 19.8. The monoisotopic (exact) mass is 390 g/mol. The zero-order valence-electron chi connectivity index (χ0n) is 17.2. The second-order valence-corrected chi connectivity index (χ2v) is 8.57. The summed E-state index contributed by atoms with van der Waals surface area (Å²) in [4.78, 5) is 0. The average Bonchev–Trinajstić information content (AvgIpc) is 3.06. The van der Waals surface area contributed by atoms with Crippen LogP contribution in [0.15, 0.2) is 103 Å². The van der Waals surface area contributed by atoms with Gasteiger partial charge in [-0.15, -0.1) is 0 Å². The van der Waals surface area contributed by atoms with Gasteiger partial charge in [0.25, 0.3) is 0 Å². The third-order valence-electron chi connectivity index (χ3n) is 6.82. The third kappa shape index (κ3) is 2.64. The van der Waals surface area contributed by atoms with Gasteiger partial charge in [0.05, 0.1) is 0 Å². The molecule has 0 bridgehead atoms. The lowest BCUT2D eigenvalue weighted by atomic mass is 9.67. The van der Waals surface area contributed by atoms with Gasteiger partial charge in [0.2, 0.25) is 0 Å². The quantitative estimate of drug-likeness (QED) is 0.428. The van der Waals surface area contributed by atoms with E-state index in [4.69, 9.17) is 11.5 Å². The molecule has 0 aliphatic heterocycles. The summed E-state index contributed by atoms with van der Waals surface area (Å²) in [7, 11) is 0. The minimum atomic E-state index is -0.248. The van der Waals surface area contributed by atoms with Crippen LogP contribution in [0, 0.1) is 0 Å². The molecular weight excluding hydrogens is 364 g/mol. The van der Waals surface area contributed by atoms with E-state index in [-0.39, 0.29) is 10.8 Å². The number of rotatable bonds is 3. The van der Waals surface area contributed by atoms with E-state index < -0.39 is 0 Å². The van der Waals surface area contributed by atoms with E-state index in [1.54, 1.807) is 0 Å². The molecule has 2 heteroatoms. The largest absolute Gasteiger partial charge is 0.399 e. The van der Waals surface area contributed by atoms with Crippen LogP contribution in [-0.4, -0.2) is 0 Å². The van der Waals surface area contributed by atoms with E-state index >= 15 is 0 Å². The van der Waals surface area contributed by atoms with Gasteiger partial charge in [-0.25, -0.2) is 0 Å². The van der Waals surface area contributed by atoms with Gasteiger partial charge in [0.1, 0.15) is 0 Å². The number of nitrogen functional groups attached to an aromatic ring is 2. The minimum Gasteiger partial charge on any atom is -0.399 e. The lowest BCUT2D eigenvalue weighted by Crippen LogP contribution is -2.30. The number of anilines is 2. The van der Waals surface area contributed by atoms with Gasteiger partial charge in [0, 0.05) is 22.2 Å². The van der Waals surface area contributed by atoms with E-state index in [9.17, 15) is 0 Å². The molecular formula is C28H26N2. The van der Waals surface area contributed by atoms with Gasteiger partial charge in [0.15, 0.2) is 0 Å². The Morgan fingerprint density at radius 3 is 1.60 bits per heavy atom. The van der Waals surface area contributed by atoms with E-state index in [0.29, 0.717) is 0 Å². The normalized spacial score (nSPS) is 22.6. The van der Waals surface area contributed by atoms with Crippen molar-refractivity contribution in [1.82, 2.24) is 0 Å². The topological polar surface area (TPSA) is 52.0 Å². The first kappa shape index (κ1) is 18.5. The zero-order chi connectivity index (χ0) is 20.8. The Morgan fingerprint density at radius 1 is 0.533 bits per heavy atom. The van der Waals surface area contributed by atoms with Crippen LogP contribution in [0.1, 0.15) is 41.2 Å². The highest BCUT2D eigenvalue weighted by Crippen LogP contribution is 2.58. The van der Waals surface area contributed by atoms with Gasteiger partial charge in [-0.3, -0.25) is 0 Å². The minimum absolute atomic E-state index is 0.137. The van der Waals surface area contributed by atoms with Crippen LogP contribution in [0.25, 0.3) is 0 Å². The summed E-state index contributed by atoms with van der Waals surface area (Å²) < 4.78 is 0. The molecule has 0 saturated carbocycles. The van der Waals surface area contributed by atoms with Crippen molar-refractivity contribution in [3.8, 4) is 0 Å². The molecule has 1 aliphatic rings.